The third-order valence-corrected chi connectivity index (χ3v) is 4.50. The molecule has 2 heterocycles. The Morgan fingerprint density at radius 1 is 0.893 bits per heavy atom. The molecule has 0 radical (unpaired) electrons. The van der Waals surface area contributed by atoms with Crippen molar-refractivity contribution in [3.63, 3.8) is 0 Å². The molecule has 1 fully saturated rings. The zero-order valence-corrected chi connectivity index (χ0v) is 15.1. The Hall–Kier alpha value is -3.64. The predicted molar refractivity (Wildman–Crippen MR) is 105 cm³/mol. The molecule has 138 valence electrons. The molecule has 1 aromatic heterocycles. The lowest BCUT2D eigenvalue weighted by Gasteiger charge is -2.26. The van der Waals surface area contributed by atoms with Gasteiger partial charge in [0, 0.05) is 5.56 Å². The van der Waals surface area contributed by atoms with E-state index in [9.17, 15) is 14.4 Å². The molecular formula is C21H13ClN2O4. The van der Waals surface area contributed by atoms with E-state index in [1.165, 1.54) is 6.08 Å². The van der Waals surface area contributed by atoms with E-state index in [1.54, 1.807) is 60.7 Å². The SMILES string of the molecule is O=C1NC(=O)N(c2ccccc2)C(=O)/C1=C\c1ccc(-c2ccccc2Cl)o1. The third-order valence-electron chi connectivity index (χ3n) is 4.17. The molecule has 0 unspecified atom stereocenters. The van der Waals surface area contributed by atoms with Gasteiger partial charge in [0.15, 0.2) is 0 Å². The van der Waals surface area contributed by atoms with E-state index in [4.69, 9.17) is 16.0 Å². The topological polar surface area (TPSA) is 79.6 Å². The molecule has 1 aliphatic heterocycles. The van der Waals surface area contributed by atoms with Crippen LogP contribution in [0.25, 0.3) is 17.4 Å². The maximum atomic E-state index is 12.8. The van der Waals surface area contributed by atoms with Gasteiger partial charge in [-0.3, -0.25) is 14.9 Å². The quantitative estimate of drug-likeness (QED) is 0.533. The number of para-hydroxylation sites is 1. The second-order valence-corrected chi connectivity index (χ2v) is 6.38. The number of amides is 4. The smallest absolute Gasteiger partial charge is 0.335 e. The van der Waals surface area contributed by atoms with Crippen molar-refractivity contribution in [2.45, 2.75) is 0 Å². The van der Waals surface area contributed by atoms with E-state index in [1.807, 2.05) is 6.07 Å². The number of rotatable bonds is 3. The number of benzene rings is 2. The highest BCUT2D eigenvalue weighted by atomic mass is 35.5. The summed E-state index contributed by atoms with van der Waals surface area (Å²) in [6, 6.07) is 18.0. The van der Waals surface area contributed by atoms with Gasteiger partial charge >= 0.3 is 6.03 Å². The number of nitrogens with one attached hydrogen (secondary N) is 1. The molecule has 1 saturated heterocycles. The molecule has 4 rings (SSSR count). The Morgan fingerprint density at radius 3 is 2.36 bits per heavy atom. The van der Waals surface area contributed by atoms with E-state index >= 15 is 0 Å². The number of anilines is 1. The first-order valence-corrected chi connectivity index (χ1v) is 8.73. The molecule has 2 aromatic carbocycles. The summed E-state index contributed by atoms with van der Waals surface area (Å²) in [6.07, 6.45) is 1.31. The van der Waals surface area contributed by atoms with Crippen molar-refractivity contribution in [3.05, 3.63) is 83.1 Å². The minimum Gasteiger partial charge on any atom is -0.457 e. The van der Waals surface area contributed by atoms with Crippen LogP contribution < -0.4 is 10.2 Å². The van der Waals surface area contributed by atoms with Gasteiger partial charge in [0.05, 0.1) is 10.7 Å². The summed E-state index contributed by atoms with van der Waals surface area (Å²) in [6.45, 7) is 0. The number of carbonyl (C=O) groups excluding carboxylic acids is 3. The molecule has 3 aromatic rings. The summed E-state index contributed by atoms with van der Waals surface area (Å²) in [4.78, 5) is 38.1. The summed E-state index contributed by atoms with van der Waals surface area (Å²) < 4.78 is 5.72. The van der Waals surface area contributed by atoms with Crippen LogP contribution in [-0.4, -0.2) is 17.8 Å². The number of hydrogen-bond donors (Lipinski definition) is 1. The molecule has 4 amide bonds. The van der Waals surface area contributed by atoms with Gasteiger partial charge in [-0.05, 0) is 42.5 Å². The Balaban J connectivity index is 1.69. The molecule has 0 bridgehead atoms. The summed E-state index contributed by atoms with van der Waals surface area (Å²) >= 11 is 6.17. The molecule has 0 spiro atoms. The van der Waals surface area contributed by atoms with Crippen LogP contribution >= 0.6 is 11.6 Å². The van der Waals surface area contributed by atoms with E-state index < -0.39 is 17.8 Å². The van der Waals surface area contributed by atoms with Gasteiger partial charge in [-0.1, -0.05) is 41.9 Å². The lowest BCUT2D eigenvalue weighted by atomic mass is 10.1. The van der Waals surface area contributed by atoms with Crippen molar-refractivity contribution < 1.29 is 18.8 Å². The van der Waals surface area contributed by atoms with Crippen molar-refractivity contribution in [3.8, 4) is 11.3 Å². The van der Waals surface area contributed by atoms with Gasteiger partial charge in [-0.25, -0.2) is 9.69 Å². The first-order chi connectivity index (χ1) is 13.5. The van der Waals surface area contributed by atoms with Gasteiger partial charge in [-0.2, -0.15) is 0 Å². The van der Waals surface area contributed by atoms with E-state index in [2.05, 4.69) is 5.32 Å². The van der Waals surface area contributed by atoms with Gasteiger partial charge in [-0.15, -0.1) is 0 Å². The van der Waals surface area contributed by atoms with E-state index in [0.717, 1.165) is 4.90 Å². The molecule has 6 nitrogen and oxygen atoms in total. The normalized spacial score (nSPS) is 15.8. The zero-order valence-electron chi connectivity index (χ0n) is 14.4. The fourth-order valence-electron chi connectivity index (χ4n) is 2.85. The van der Waals surface area contributed by atoms with Crippen LogP contribution in [0.3, 0.4) is 0 Å². The van der Waals surface area contributed by atoms with Gasteiger partial charge < -0.3 is 4.42 Å². The number of hydrogen-bond acceptors (Lipinski definition) is 4. The molecular weight excluding hydrogens is 380 g/mol. The third kappa shape index (κ3) is 3.21. The molecule has 1 aliphatic rings. The molecule has 28 heavy (non-hydrogen) atoms. The maximum Gasteiger partial charge on any atom is 0.335 e. The predicted octanol–water partition coefficient (Wildman–Crippen LogP) is 4.27. The first-order valence-electron chi connectivity index (χ1n) is 8.36. The molecule has 0 aliphatic carbocycles. The average molecular weight is 393 g/mol. The number of halogens is 1. The Labute approximate surface area is 165 Å². The van der Waals surface area contributed by atoms with Crippen LogP contribution in [0.5, 0.6) is 0 Å². The van der Waals surface area contributed by atoms with E-state index in [0.29, 0.717) is 22.0 Å². The summed E-state index contributed by atoms with van der Waals surface area (Å²) in [5.41, 5.74) is 0.845. The van der Waals surface area contributed by atoms with Crippen molar-refractivity contribution in [2.24, 2.45) is 0 Å². The zero-order chi connectivity index (χ0) is 19.7. The summed E-state index contributed by atoms with van der Waals surface area (Å²) in [5.74, 6) is -0.721. The number of nitrogens with zero attached hydrogens (tertiary/aromatic N) is 1. The fourth-order valence-corrected chi connectivity index (χ4v) is 3.08. The monoisotopic (exact) mass is 392 g/mol. The largest absolute Gasteiger partial charge is 0.457 e. The van der Waals surface area contributed by atoms with E-state index in [-0.39, 0.29) is 11.3 Å². The van der Waals surface area contributed by atoms with Crippen LogP contribution in [0.15, 0.2) is 76.7 Å². The highest BCUT2D eigenvalue weighted by molar-refractivity contribution is 6.39. The number of carbonyl (C=O) groups is 3. The van der Waals surface area contributed by atoms with Crippen molar-refractivity contribution in [1.29, 1.82) is 0 Å². The van der Waals surface area contributed by atoms with Gasteiger partial charge in [0.25, 0.3) is 11.8 Å². The van der Waals surface area contributed by atoms with Gasteiger partial charge in [0.2, 0.25) is 0 Å². The van der Waals surface area contributed by atoms with Crippen LogP contribution in [0, 0.1) is 0 Å². The van der Waals surface area contributed by atoms with Crippen molar-refractivity contribution >= 4 is 41.2 Å². The van der Waals surface area contributed by atoms with Crippen LogP contribution in [0.4, 0.5) is 10.5 Å². The highest BCUT2D eigenvalue weighted by Gasteiger charge is 2.36. The lowest BCUT2D eigenvalue weighted by molar-refractivity contribution is -0.122. The molecule has 0 atom stereocenters. The first kappa shape index (κ1) is 17.8. The van der Waals surface area contributed by atoms with Crippen molar-refractivity contribution in [1.82, 2.24) is 5.32 Å². The maximum absolute atomic E-state index is 12.8. The second kappa shape index (κ2) is 7.17. The second-order valence-electron chi connectivity index (χ2n) is 5.98. The minimum absolute atomic E-state index is 0.205. The van der Waals surface area contributed by atoms with Gasteiger partial charge in [0.1, 0.15) is 17.1 Å². The Bertz CT molecular complexity index is 1120. The van der Waals surface area contributed by atoms with Crippen LogP contribution in [0.2, 0.25) is 5.02 Å². The van der Waals surface area contributed by atoms with Crippen molar-refractivity contribution in [2.75, 3.05) is 4.90 Å². The molecule has 7 heteroatoms. The Morgan fingerprint density at radius 2 is 1.61 bits per heavy atom. The number of furan rings is 1. The molecule has 1 N–H and O–H groups in total. The van der Waals surface area contributed by atoms with Crippen LogP contribution in [-0.2, 0) is 9.59 Å². The number of urea groups is 1. The lowest BCUT2D eigenvalue weighted by Crippen LogP contribution is -2.54. The van der Waals surface area contributed by atoms with Crippen LogP contribution in [0.1, 0.15) is 5.76 Å². The Kier molecular flexibility index (Phi) is 4.55. The minimum atomic E-state index is -0.797. The fraction of sp³-hybridized carbons (Fsp3) is 0. The summed E-state index contributed by atoms with van der Waals surface area (Å²) in [7, 11) is 0. The number of barbiturate groups is 1. The average Bonchev–Trinajstić information content (AvgIpc) is 3.15. The standard InChI is InChI=1S/C21H13ClN2O4/c22-17-9-5-4-8-15(17)18-11-10-14(28-18)12-16-19(25)23-21(27)24(20(16)26)13-6-2-1-3-7-13/h1-12H,(H,23,25,27)/b16-12-. The summed E-state index contributed by atoms with van der Waals surface area (Å²) in [5, 5.41) is 2.69. The highest BCUT2D eigenvalue weighted by Crippen LogP contribution is 2.30. The number of imide groups is 2. The molecule has 0 saturated carbocycles.